The first-order valence-electron chi connectivity index (χ1n) is 25.7. The number of aryl methyl sites for hydroxylation is 2. The van der Waals surface area contributed by atoms with E-state index in [0.29, 0.717) is 67.7 Å². The predicted octanol–water partition coefficient (Wildman–Crippen LogP) is 18.6. The zero-order valence-corrected chi connectivity index (χ0v) is 42.7. The normalized spacial score (nSPS) is 12.0. The summed E-state index contributed by atoms with van der Waals surface area (Å²) in [4.78, 5) is 15.4. The third-order valence-electron chi connectivity index (χ3n) is 14.9. The van der Waals surface area contributed by atoms with E-state index >= 15 is 0 Å². The van der Waals surface area contributed by atoms with Gasteiger partial charge in [-0.1, -0.05) is 133 Å². The van der Waals surface area contributed by atoms with E-state index in [1.54, 1.807) is 32.0 Å². The number of benzene rings is 10. The minimum Gasteiger partial charge on any atom is -0.309 e. The van der Waals surface area contributed by atoms with Crippen LogP contribution in [-0.2, 0) is 12.4 Å². The molecule has 13 aromatic rings. The number of fused-ring (bicyclic) bond motifs is 6. The van der Waals surface area contributed by atoms with Gasteiger partial charge in [-0.15, -0.1) is 0 Å². The summed E-state index contributed by atoms with van der Waals surface area (Å²) in [6.45, 7) is 3.33. The van der Waals surface area contributed by atoms with Gasteiger partial charge >= 0.3 is 12.4 Å². The molecule has 0 saturated carbocycles. The number of aromatic nitrogens is 5. The van der Waals surface area contributed by atoms with Gasteiger partial charge in [0.2, 0.25) is 0 Å². The Morgan fingerprint density at radius 1 is 0.388 bits per heavy atom. The summed E-state index contributed by atoms with van der Waals surface area (Å²) in [5.74, 6) is 1.24. The fourth-order valence-electron chi connectivity index (χ4n) is 11.2. The van der Waals surface area contributed by atoms with E-state index in [4.69, 9.17) is 15.0 Å². The summed E-state index contributed by atoms with van der Waals surface area (Å²) in [5, 5.41) is 14.0. The molecule has 0 aliphatic rings. The summed E-state index contributed by atoms with van der Waals surface area (Å²) >= 11 is 0. The van der Waals surface area contributed by atoms with Crippen LogP contribution < -0.4 is 0 Å². The lowest BCUT2D eigenvalue weighted by atomic mass is 9.94. The first kappa shape index (κ1) is 49.5. The van der Waals surface area contributed by atoms with Crippen molar-refractivity contribution in [3.63, 3.8) is 0 Å². The van der Waals surface area contributed by atoms with E-state index in [1.165, 1.54) is 24.3 Å². The quantitative estimate of drug-likeness (QED) is 0.142. The van der Waals surface area contributed by atoms with Crippen LogP contribution in [-0.4, -0.2) is 24.1 Å². The van der Waals surface area contributed by atoms with Gasteiger partial charge in [0.15, 0.2) is 17.5 Å². The number of hydrogen-bond acceptors (Lipinski definition) is 4. The van der Waals surface area contributed by atoms with Gasteiger partial charge in [-0.05, 0) is 138 Å². The lowest BCUT2D eigenvalue weighted by molar-refractivity contribution is -0.138. The Kier molecular flexibility index (Phi) is 11.8. The molecule has 0 amide bonds. The maximum absolute atomic E-state index is 14.7. The Morgan fingerprint density at radius 2 is 0.925 bits per heavy atom. The van der Waals surface area contributed by atoms with Crippen molar-refractivity contribution in [2.45, 2.75) is 26.2 Å². The van der Waals surface area contributed by atoms with Crippen LogP contribution >= 0.6 is 0 Å². The van der Waals surface area contributed by atoms with E-state index in [1.807, 2.05) is 164 Å². The van der Waals surface area contributed by atoms with E-state index in [0.717, 1.165) is 72.1 Å². The Bertz CT molecular complexity index is 4610. The van der Waals surface area contributed by atoms with Crippen LogP contribution in [0, 0.1) is 25.2 Å². The molecule has 80 heavy (non-hydrogen) atoms. The van der Waals surface area contributed by atoms with Crippen molar-refractivity contribution in [2.24, 2.45) is 0 Å². The second kappa shape index (κ2) is 19.1. The van der Waals surface area contributed by atoms with Crippen LogP contribution in [0.25, 0.3) is 123 Å². The SMILES string of the molecule is Cc1ccc(-c2ccc3c(c2)c2ccccc2n3-c2ccc(C#N)cc2-c2cc(-n3c4ccccc4c4cc(-c5ccc(C(F)(F)F)cc5C)ccc43)ccc2-c2nc(-c3ccccc3)nc(-c3ccccc3)n2)c(C(F)(F)F)c1. The fraction of sp³-hybridized carbons (Fsp3) is 0.0588. The zero-order valence-electron chi connectivity index (χ0n) is 42.7. The highest BCUT2D eigenvalue weighted by Gasteiger charge is 2.34. The first-order valence-corrected chi connectivity index (χ1v) is 25.7. The van der Waals surface area contributed by atoms with Gasteiger partial charge in [-0.25, -0.2) is 15.0 Å². The Labute approximate surface area is 454 Å². The maximum atomic E-state index is 14.7. The molecule has 0 aliphatic heterocycles. The third kappa shape index (κ3) is 8.60. The topological polar surface area (TPSA) is 72.3 Å². The molecule has 6 nitrogen and oxygen atoms in total. The van der Waals surface area contributed by atoms with Gasteiger partial charge in [-0.2, -0.15) is 31.6 Å². The molecule has 0 radical (unpaired) electrons. The standard InChI is InChI=1S/C68H42F6N6/c1-40-21-27-50(58(33-40)68(72,73)74)46-24-32-63-57(37-46)52-18-10-12-20-60(52)80(63)62-30-22-42(39-75)35-55(62)54-38-48(26-29-53(54)66-77-64(43-13-5-3-6-14-43)76-65(78-66)44-15-7-4-8-16-44)79-59-19-11-9-17-51(59)56-36-45(23-31-61(56)79)49-28-25-47(34-41(49)2)67(69,70)71/h3-38H,1-2H3. The molecule has 0 N–H and O–H groups in total. The number of alkyl halides is 6. The van der Waals surface area contributed by atoms with Crippen molar-refractivity contribution in [1.29, 1.82) is 5.26 Å². The van der Waals surface area contributed by atoms with Crippen molar-refractivity contribution in [3.8, 4) is 85.0 Å². The van der Waals surface area contributed by atoms with E-state index < -0.39 is 23.5 Å². The largest absolute Gasteiger partial charge is 0.417 e. The smallest absolute Gasteiger partial charge is 0.309 e. The third-order valence-corrected chi connectivity index (χ3v) is 14.9. The van der Waals surface area contributed by atoms with E-state index in [9.17, 15) is 31.6 Å². The van der Waals surface area contributed by atoms with Crippen LogP contribution in [0.15, 0.2) is 218 Å². The average Bonchev–Trinajstić information content (AvgIpc) is 4.07. The van der Waals surface area contributed by atoms with Crippen molar-refractivity contribution < 1.29 is 26.3 Å². The fourth-order valence-corrected chi connectivity index (χ4v) is 11.2. The lowest BCUT2D eigenvalue weighted by Crippen LogP contribution is -2.07. The second-order valence-corrected chi connectivity index (χ2v) is 19.9. The molecule has 12 heteroatoms. The molecule has 386 valence electrons. The van der Waals surface area contributed by atoms with Crippen LogP contribution in [0.1, 0.15) is 27.8 Å². The Hall–Kier alpha value is -10.1. The predicted molar refractivity (Wildman–Crippen MR) is 305 cm³/mol. The molecule has 10 aromatic carbocycles. The molecule has 0 spiro atoms. The summed E-state index contributed by atoms with van der Waals surface area (Å²) in [6.07, 6.45) is -9.07. The highest BCUT2D eigenvalue weighted by atomic mass is 19.4. The van der Waals surface area contributed by atoms with Crippen LogP contribution in [0.2, 0.25) is 0 Å². The molecule has 0 aliphatic carbocycles. The highest BCUT2D eigenvalue weighted by Crippen LogP contribution is 2.45. The summed E-state index contributed by atoms with van der Waals surface area (Å²) in [7, 11) is 0. The number of nitrogens with zero attached hydrogens (tertiary/aromatic N) is 6. The molecular weight excluding hydrogens is 1010 g/mol. The molecule has 0 bridgehead atoms. The minimum absolute atomic E-state index is 0.0698. The van der Waals surface area contributed by atoms with Crippen molar-refractivity contribution in [1.82, 2.24) is 24.1 Å². The number of nitriles is 1. The summed E-state index contributed by atoms with van der Waals surface area (Å²) in [6, 6.07) is 68.5. The van der Waals surface area contributed by atoms with E-state index in [2.05, 4.69) is 21.3 Å². The van der Waals surface area contributed by atoms with Gasteiger partial charge in [0.05, 0.1) is 50.5 Å². The van der Waals surface area contributed by atoms with Crippen molar-refractivity contribution >= 4 is 43.6 Å². The first-order chi connectivity index (χ1) is 38.7. The van der Waals surface area contributed by atoms with Crippen LogP contribution in [0.4, 0.5) is 26.3 Å². The summed E-state index contributed by atoms with van der Waals surface area (Å²) < 4.78 is 89.7. The number of para-hydroxylation sites is 2. The molecule has 0 unspecified atom stereocenters. The number of hydrogen-bond donors (Lipinski definition) is 0. The lowest BCUT2D eigenvalue weighted by Gasteiger charge is -2.19. The van der Waals surface area contributed by atoms with Gasteiger partial charge in [0, 0.05) is 49.5 Å². The molecule has 13 rings (SSSR count). The zero-order chi connectivity index (χ0) is 55.0. The molecule has 3 heterocycles. The number of halogens is 6. The molecule has 0 saturated heterocycles. The van der Waals surface area contributed by atoms with Gasteiger partial charge < -0.3 is 9.13 Å². The molecule has 0 fully saturated rings. The van der Waals surface area contributed by atoms with Gasteiger partial charge in [-0.3, -0.25) is 0 Å². The Balaban J connectivity index is 1.08. The van der Waals surface area contributed by atoms with Crippen molar-refractivity contribution in [3.05, 3.63) is 246 Å². The Morgan fingerprint density at radius 3 is 1.52 bits per heavy atom. The monoisotopic (exact) mass is 1060 g/mol. The van der Waals surface area contributed by atoms with E-state index in [-0.39, 0.29) is 5.56 Å². The van der Waals surface area contributed by atoms with Crippen LogP contribution in [0.5, 0.6) is 0 Å². The average molecular weight is 1060 g/mol. The van der Waals surface area contributed by atoms with Crippen molar-refractivity contribution in [2.75, 3.05) is 0 Å². The van der Waals surface area contributed by atoms with Gasteiger partial charge in [0.25, 0.3) is 0 Å². The highest BCUT2D eigenvalue weighted by molar-refractivity contribution is 6.12. The molecular formula is C68H42F6N6. The molecule has 3 aromatic heterocycles. The molecule has 0 atom stereocenters. The maximum Gasteiger partial charge on any atom is 0.417 e. The second-order valence-electron chi connectivity index (χ2n) is 19.9. The summed E-state index contributed by atoms with van der Waals surface area (Å²) in [5.41, 5.74) is 9.92. The van der Waals surface area contributed by atoms with Gasteiger partial charge in [0.1, 0.15) is 0 Å². The minimum atomic E-state index is -4.59. The van der Waals surface area contributed by atoms with Crippen LogP contribution in [0.3, 0.4) is 0 Å². The number of rotatable bonds is 8.